The van der Waals surface area contributed by atoms with Crippen LogP contribution < -0.4 is 0 Å². The lowest BCUT2D eigenvalue weighted by Gasteiger charge is -2.49. The summed E-state index contributed by atoms with van der Waals surface area (Å²) in [6.07, 6.45) is 1.95. The Morgan fingerprint density at radius 2 is 1.77 bits per heavy atom. The zero-order chi connectivity index (χ0) is 19.5. The predicted octanol–water partition coefficient (Wildman–Crippen LogP) is 4.26. The van der Waals surface area contributed by atoms with E-state index in [1.54, 1.807) is 4.90 Å². The van der Waals surface area contributed by atoms with Gasteiger partial charge >= 0.3 is 13.2 Å². The molecule has 146 valence electrons. The average Bonchev–Trinajstić information content (AvgIpc) is 2.65. The molecule has 3 rings (SSSR count). The van der Waals surface area contributed by atoms with Gasteiger partial charge in [0.2, 0.25) is 0 Å². The first-order valence-electron chi connectivity index (χ1n) is 9.56. The molecule has 2 unspecified atom stereocenters. The molecule has 3 fully saturated rings. The van der Waals surface area contributed by atoms with E-state index in [0.29, 0.717) is 13.0 Å². The molecule has 5 nitrogen and oxygen atoms in total. The molecule has 2 atom stereocenters. The summed E-state index contributed by atoms with van der Waals surface area (Å²) in [5, 5.41) is 0. The first-order valence-corrected chi connectivity index (χ1v) is 9.56. The highest BCUT2D eigenvalue weighted by molar-refractivity contribution is 6.53. The lowest BCUT2D eigenvalue weighted by atomic mass is 9.67. The number of hydrogen-bond acceptors (Lipinski definition) is 4. The Bertz CT molecular complexity index is 610. The van der Waals surface area contributed by atoms with Crippen LogP contribution in [0.4, 0.5) is 9.18 Å². The van der Waals surface area contributed by atoms with Gasteiger partial charge in [-0.05, 0) is 73.3 Å². The quantitative estimate of drug-likeness (QED) is 0.650. The number of piperidine rings is 1. The molecule has 1 saturated carbocycles. The first kappa shape index (κ1) is 19.7. The Hall–Kier alpha value is -1.08. The van der Waals surface area contributed by atoms with Crippen LogP contribution in [0.25, 0.3) is 0 Å². The van der Waals surface area contributed by atoms with Crippen molar-refractivity contribution in [3.8, 4) is 0 Å². The van der Waals surface area contributed by atoms with Crippen LogP contribution in [0.15, 0.2) is 11.3 Å². The number of rotatable bonds is 1. The summed E-state index contributed by atoms with van der Waals surface area (Å²) in [4.78, 5) is 14.2. The summed E-state index contributed by atoms with van der Waals surface area (Å²) in [5.74, 6) is 0.0373. The van der Waals surface area contributed by atoms with Crippen LogP contribution in [-0.2, 0) is 14.0 Å². The minimum Gasteiger partial charge on any atom is -0.444 e. The number of halogens is 1. The van der Waals surface area contributed by atoms with E-state index >= 15 is 4.39 Å². The van der Waals surface area contributed by atoms with Crippen LogP contribution in [0.2, 0.25) is 0 Å². The molecule has 1 aliphatic carbocycles. The molecule has 2 heterocycles. The highest BCUT2D eigenvalue weighted by Crippen LogP contribution is 2.47. The molecule has 7 heteroatoms. The number of amides is 1. The van der Waals surface area contributed by atoms with Crippen molar-refractivity contribution in [2.45, 2.75) is 90.6 Å². The van der Waals surface area contributed by atoms with E-state index < -0.39 is 23.9 Å². The predicted molar refractivity (Wildman–Crippen MR) is 98.3 cm³/mol. The number of carbonyl (C=O) groups is 1. The van der Waals surface area contributed by atoms with Gasteiger partial charge in [-0.2, -0.15) is 0 Å². The SMILES string of the molecule is CC(C)(C)OC(=O)N1CCC(=C(F)B2OC(C)(C)C(C)(C)O2)C2CCC21. The van der Waals surface area contributed by atoms with E-state index in [9.17, 15) is 4.79 Å². The van der Waals surface area contributed by atoms with Crippen molar-refractivity contribution in [3.05, 3.63) is 11.3 Å². The van der Waals surface area contributed by atoms with Crippen LogP contribution in [-0.4, -0.2) is 47.5 Å². The molecule has 0 bridgehead atoms. The first-order chi connectivity index (χ1) is 11.8. The van der Waals surface area contributed by atoms with Gasteiger partial charge in [-0.25, -0.2) is 9.18 Å². The number of ether oxygens (including phenoxy) is 1. The number of hydrogen-bond donors (Lipinski definition) is 0. The minimum atomic E-state index is -0.954. The molecular formula is C19H31BFNO4. The molecule has 0 radical (unpaired) electrons. The van der Waals surface area contributed by atoms with Crippen molar-refractivity contribution in [1.29, 1.82) is 0 Å². The number of carbonyl (C=O) groups excluding carboxylic acids is 1. The van der Waals surface area contributed by atoms with Gasteiger partial charge in [0, 0.05) is 18.5 Å². The van der Waals surface area contributed by atoms with Gasteiger partial charge in [0.05, 0.1) is 11.2 Å². The fourth-order valence-electron chi connectivity index (χ4n) is 3.80. The van der Waals surface area contributed by atoms with Crippen LogP contribution in [0.1, 0.15) is 67.7 Å². The largest absolute Gasteiger partial charge is 0.525 e. The zero-order valence-electron chi connectivity index (χ0n) is 17.0. The molecule has 0 spiro atoms. The van der Waals surface area contributed by atoms with Gasteiger partial charge < -0.3 is 18.9 Å². The Labute approximate surface area is 156 Å². The van der Waals surface area contributed by atoms with Crippen LogP contribution >= 0.6 is 0 Å². The van der Waals surface area contributed by atoms with E-state index in [-0.39, 0.29) is 23.8 Å². The second-order valence-electron chi connectivity index (χ2n) is 9.64. The smallest absolute Gasteiger partial charge is 0.444 e. The second-order valence-corrected chi connectivity index (χ2v) is 9.64. The molecule has 3 aliphatic rings. The van der Waals surface area contributed by atoms with Gasteiger partial charge in [-0.3, -0.25) is 0 Å². The van der Waals surface area contributed by atoms with E-state index in [2.05, 4.69) is 0 Å². The van der Waals surface area contributed by atoms with Crippen LogP contribution in [0.3, 0.4) is 0 Å². The number of likely N-dealkylation sites (tertiary alicyclic amines) is 1. The lowest BCUT2D eigenvalue weighted by molar-refractivity contribution is -0.0105. The summed E-state index contributed by atoms with van der Waals surface area (Å²) in [5.41, 5.74) is -1.21. The maximum atomic E-state index is 15.2. The van der Waals surface area contributed by atoms with Crippen LogP contribution in [0.5, 0.6) is 0 Å². The fraction of sp³-hybridized carbons (Fsp3) is 0.842. The Morgan fingerprint density at radius 1 is 1.19 bits per heavy atom. The molecule has 0 aromatic carbocycles. The molecule has 0 N–H and O–H groups in total. The standard InChI is InChI=1S/C19H31BFNO4/c1-17(2,3)24-16(23)22-11-10-13(12-8-9-14(12)22)15(21)20-25-18(4,5)19(6,7)26-20/h12,14H,8-11H2,1-7H3. The van der Waals surface area contributed by atoms with Crippen molar-refractivity contribution in [2.24, 2.45) is 5.92 Å². The molecule has 0 aromatic rings. The summed E-state index contributed by atoms with van der Waals surface area (Å²) in [6, 6.07) is 0.0155. The molecule has 0 aromatic heterocycles. The van der Waals surface area contributed by atoms with Crippen molar-refractivity contribution in [3.63, 3.8) is 0 Å². The Morgan fingerprint density at radius 3 is 2.23 bits per heavy atom. The summed E-state index contributed by atoms with van der Waals surface area (Å²) in [7, 11) is -0.954. The van der Waals surface area contributed by atoms with Gasteiger partial charge in [0.1, 0.15) is 11.3 Å². The zero-order valence-corrected chi connectivity index (χ0v) is 17.0. The van der Waals surface area contributed by atoms with Gasteiger partial charge in [-0.1, -0.05) is 0 Å². The molecule has 26 heavy (non-hydrogen) atoms. The van der Waals surface area contributed by atoms with Gasteiger partial charge in [0.25, 0.3) is 0 Å². The molecule has 2 saturated heterocycles. The maximum Gasteiger partial charge on any atom is 0.525 e. The third kappa shape index (κ3) is 3.40. The number of fused-ring (bicyclic) bond motifs is 1. The van der Waals surface area contributed by atoms with E-state index in [1.807, 2.05) is 48.5 Å². The van der Waals surface area contributed by atoms with E-state index in [0.717, 1.165) is 18.4 Å². The molecule has 2 aliphatic heterocycles. The average molecular weight is 367 g/mol. The van der Waals surface area contributed by atoms with Crippen molar-refractivity contribution >= 4 is 13.2 Å². The van der Waals surface area contributed by atoms with Gasteiger partial charge in [-0.15, -0.1) is 0 Å². The third-order valence-electron chi connectivity index (χ3n) is 6.10. The second kappa shape index (κ2) is 6.23. The molecular weight excluding hydrogens is 336 g/mol. The normalized spacial score (nSPS) is 32.0. The Kier molecular flexibility index (Phi) is 4.72. The highest BCUT2D eigenvalue weighted by Gasteiger charge is 2.55. The molecule has 1 amide bonds. The van der Waals surface area contributed by atoms with E-state index in [1.165, 1.54) is 0 Å². The van der Waals surface area contributed by atoms with Crippen molar-refractivity contribution < 1.29 is 23.2 Å². The summed E-state index contributed by atoms with van der Waals surface area (Å²) in [6.45, 7) is 13.7. The lowest BCUT2D eigenvalue weighted by Crippen LogP contribution is -2.55. The topological polar surface area (TPSA) is 48.0 Å². The van der Waals surface area contributed by atoms with Crippen LogP contribution in [0, 0.1) is 5.92 Å². The van der Waals surface area contributed by atoms with Crippen molar-refractivity contribution in [2.75, 3.05) is 6.54 Å². The Balaban J connectivity index is 1.75. The maximum absolute atomic E-state index is 15.2. The summed E-state index contributed by atoms with van der Waals surface area (Å²) >= 11 is 0. The van der Waals surface area contributed by atoms with E-state index in [4.69, 9.17) is 14.0 Å². The fourth-order valence-corrected chi connectivity index (χ4v) is 3.80. The summed E-state index contributed by atoms with van der Waals surface area (Å²) < 4.78 is 32.5. The monoisotopic (exact) mass is 367 g/mol. The van der Waals surface area contributed by atoms with Gasteiger partial charge in [0.15, 0.2) is 0 Å². The minimum absolute atomic E-state index is 0.0155. The number of nitrogens with zero attached hydrogens (tertiary/aromatic N) is 1. The van der Waals surface area contributed by atoms with Crippen molar-refractivity contribution in [1.82, 2.24) is 4.90 Å². The highest BCUT2D eigenvalue weighted by atomic mass is 19.1. The third-order valence-corrected chi connectivity index (χ3v) is 6.10.